The highest BCUT2D eigenvalue weighted by atomic mass is 35.5. The minimum absolute atomic E-state index is 0. The van der Waals surface area contributed by atoms with E-state index in [1.165, 1.54) is 32.1 Å². The first-order valence-corrected chi connectivity index (χ1v) is 13.1. The SMILES string of the molecule is C=C1CNCCCN(CC2CCCCC2)CCCN(S(=O)(=O)c2ccc(C)cc2)C1.Cl. The summed E-state index contributed by atoms with van der Waals surface area (Å²) in [6, 6.07) is 7.17. The van der Waals surface area contributed by atoms with Gasteiger partial charge < -0.3 is 10.2 Å². The molecule has 5 nitrogen and oxygen atoms in total. The van der Waals surface area contributed by atoms with Crippen LogP contribution in [0.2, 0.25) is 0 Å². The molecule has 0 bridgehead atoms. The average Bonchev–Trinajstić information content (AvgIpc) is 2.72. The topological polar surface area (TPSA) is 52.6 Å². The first kappa shape index (κ1) is 26.3. The molecule has 1 saturated heterocycles. The molecule has 3 rings (SSSR count). The smallest absolute Gasteiger partial charge is 0.243 e. The van der Waals surface area contributed by atoms with E-state index in [1.807, 2.05) is 19.1 Å². The van der Waals surface area contributed by atoms with Crippen molar-refractivity contribution in [3.63, 3.8) is 0 Å². The third kappa shape index (κ3) is 8.17. The van der Waals surface area contributed by atoms with E-state index in [0.717, 1.165) is 56.1 Å². The molecule has 0 atom stereocenters. The van der Waals surface area contributed by atoms with Gasteiger partial charge >= 0.3 is 0 Å². The second-order valence-electron chi connectivity index (χ2n) is 9.09. The van der Waals surface area contributed by atoms with Crippen molar-refractivity contribution in [1.29, 1.82) is 0 Å². The van der Waals surface area contributed by atoms with Crippen molar-refractivity contribution in [2.75, 3.05) is 45.8 Å². The number of nitrogens with one attached hydrogen (secondary N) is 1. The van der Waals surface area contributed by atoms with Gasteiger partial charge in [-0.2, -0.15) is 4.31 Å². The van der Waals surface area contributed by atoms with Crippen LogP contribution in [0.3, 0.4) is 0 Å². The van der Waals surface area contributed by atoms with Crippen LogP contribution in [0.1, 0.15) is 50.5 Å². The maximum atomic E-state index is 13.3. The van der Waals surface area contributed by atoms with E-state index in [2.05, 4.69) is 16.8 Å². The molecule has 0 spiro atoms. The number of hydrogen-bond donors (Lipinski definition) is 1. The Morgan fingerprint density at radius 3 is 2.39 bits per heavy atom. The van der Waals surface area contributed by atoms with Crippen molar-refractivity contribution in [2.24, 2.45) is 5.92 Å². The Balaban J connectivity index is 0.00000341. The number of halogens is 1. The van der Waals surface area contributed by atoms with Crippen LogP contribution in [0, 0.1) is 12.8 Å². The van der Waals surface area contributed by atoms with E-state index in [9.17, 15) is 8.42 Å². The number of sulfonamides is 1. The second kappa shape index (κ2) is 12.9. The van der Waals surface area contributed by atoms with Crippen molar-refractivity contribution >= 4 is 22.4 Å². The van der Waals surface area contributed by atoms with Gasteiger partial charge in [0.1, 0.15) is 0 Å². The summed E-state index contributed by atoms with van der Waals surface area (Å²) < 4.78 is 28.2. The molecular weight excluding hydrogens is 430 g/mol. The molecule has 1 aliphatic carbocycles. The molecule has 1 saturated carbocycles. The first-order chi connectivity index (χ1) is 14.4. The minimum atomic E-state index is -3.52. The third-order valence-corrected chi connectivity index (χ3v) is 8.24. The Bertz CT molecular complexity index is 777. The van der Waals surface area contributed by atoms with Crippen molar-refractivity contribution in [2.45, 2.75) is 56.8 Å². The summed E-state index contributed by atoms with van der Waals surface area (Å²) in [6.45, 7) is 11.8. The van der Waals surface area contributed by atoms with Crippen LogP contribution >= 0.6 is 12.4 Å². The van der Waals surface area contributed by atoms with Crippen LogP contribution < -0.4 is 5.32 Å². The molecular formula is C24H40ClN3O2S. The zero-order chi connectivity index (χ0) is 21.4. The minimum Gasteiger partial charge on any atom is -0.313 e. The van der Waals surface area contributed by atoms with Crippen LogP contribution in [0.15, 0.2) is 41.3 Å². The molecule has 176 valence electrons. The van der Waals surface area contributed by atoms with Crippen molar-refractivity contribution < 1.29 is 8.42 Å². The standard InChI is InChI=1S/C24H39N3O2S.ClH/c1-21-10-12-24(13-11-21)30(28,29)27-17-7-16-26(20-23-8-4-3-5-9-23)15-6-14-25-18-22(2)19-27;/h10-13,23,25H,2-9,14-20H2,1H3;1H. The van der Waals surface area contributed by atoms with Crippen LogP contribution in [0.4, 0.5) is 0 Å². The Kier molecular flexibility index (Phi) is 11.0. The molecule has 1 aromatic rings. The highest BCUT2D eigenvalue weighted by Gasteiger charge is 2.25. The lowest BCUT2D eigenvalue weighted by Crippen LogP contribution is -2.39. The van der Waals surface area contributed by atoms with E-state index in [-0.39, 0.29) is 12.4 Å². The van der Waals surface area contributed by atoms with Crippen molar-refractivity contribution in [3.05, 3.63) is 42.0 Å². The van der Waals surface area contributed by atoms with E-state index < -0.39 is 10.0 Å². The van der Waals surface area contributed by atoms with Gasteiger partial charge in [-0.3, -0.25) is 0 Å². The third-order valence-electron chi connectivity index (χ3n) is 6.38. The molecule has 2 aliphatic rings. The molecule has 1 N–H and O–H groups in total. The fourth-order valence-corrected chi connectivity index (χ4v) is 6.14. The molecule has 0 unspecified atom stereocenters. The maximum absolute atomic E-state index is 13.3. The Morgan fingerprint density at radius 1 is 1.00 bits per heavy atom. The van der Waals surface area contributed by atoms with Gasteiger partial charge in [0.15, 0.2) is 0 Å². The molecule has 31 heavy (non-hydrogen) atoms. The number of rotatable bonds is 4. The van der Waals surface area contributed by atoms with E-state index >= 15 is 0 Å². The van der Waals surface area contributed by atoms with Crippen LogP contribution in [0.5, 0.6) is 0 Å². The number of nitrogens with zero attached hydrogens (tertiary/aromatic N) is 2. The molecule has 1 aromatic carbocycles. The Morgan fingerprint density at radius 2 is 1.68 bits per heavy atom. The first-order valence-electron chi connectivity index (χ1n) is 11.6. The summed E-state index contributed by atoms with van der Waals surface area (Å²) in [6.07, 6.45) is 8.81. The fraction of sp³-hybridized carbons (Fsp3) is 0.667. The molecule has 1 heterocycles. The monoisotopic (exact) mass is 469 g/mol. The highest BCUT2D eigenvalue weighted by molar-refractivity contribution is 7.89. The van der Waals surface area contributed by atoms with Gasteiger partial charge in [-0.25, -0.2) is 8.42 Å². The van der Waals surface area contributed by atoms with E-state index in [4.69, 9.17) is 0 Å². The normalized spacial score (nSPS) is 21.6. The van der Waals surface area contributed by atoms with Gasteiger partial charge in [0.05, 0.1) is 4.90 Å². The summed E-state index contributed by atoms with van der Waals surface area (Å²) in [5.74, 6) is 0.812. The predicted molar refractivity (Wildman–Crippen MR) is 131 cm³/mol. The van der Waals surface area contributed by atoms with Crippen LogP contribution in [-0.2, 0) is 10.0 Å². The zero-order valence-corrected chi connectivity index (χ0v) is 20.7. The zero-order valence-electron chi connectivity index (χ0n) is 19.0. The van der Waals surface area contributed by atoms with Crippen LogP contribution in [0.25, 0.3) is 0 Å². The lowest BCUT2D eigenvalue weighted by atomic mass is 9.89. The summed E-state index contributed by atoms with van der Waals surface area (Å²) in [4.78, 5) is 2.95. The Labute approximate surface area is 195 Å². The van der Waals surface area contributed by atoms with E-state index in [0.29, 0.717) is 24.5 Å². The summed E-state index contributed by atoms with van der Waals surface area (Å²) in [5.41, 5.74) is 1.99. The maximum Gasteiger partial charge on any atom is 0.243 e. The highest BCUT2D eigenvalue weighted by Crippen LogP contribution is 2.25. The van der Waals surface area contributed by atoms with Gasteiger partial charge in [0, 0.05) is 26.2 Å². The molecule has 0 radical (unpaired) electrons. The van der Waals surface area contributed by atoms with Gasteiger partial charge in [-0.15, -0.1) is 12.4 Å². The van der Waals surface area contributed by atoms with Gasteiger partial charge in [-0.1, -0.05) is 43.5 Å². The largest absolute Gasteiger partial charge is 0.313 e. The lowest BCUT2D eigenvalue weighted by molar-refractivity contribution is 0.192. The number of benzene rings is 1. The lowest BCUT2D eigenvalue weighted by Gasteiger charge is -2.31. The molecule has 0 amide bonds. The Hall–Kier alpha value is -0.920. The molecule has 2 fully saturated rings. The van der Waals surface area contributed by atoms with Crippen molar-refractivity contribution in [1.82, 2.24) is 14.5 Å². The van der Waals surface area contributed by atoms with Gasteiger partial charge in [0.25, 0.3) is 0 Å². The molecule has 1 aliphatic heterocycles. The van der Waals surface area contributed by atoms with E-state index in [1.54, 1.807) is 16.4 Å². The van der Waals surface area contributed by atoms with Gasteiger partial charge in [0.2, 0.25) is 10.0 Å². The summed E-state index contributed by atoms with van der Waals surface area (Å²) in [7, 11) is -3.52. The van der Waals surface area contributed by atoms with Gasteiger partial charge in [-0.05, 0) is 75.9 Å². The van der Waals surface area contributed by atoms with Crippen LogP contribution in [-0.4, -0.2) is 63.4 Å². The summed E-state index contributed by atoms with van der Waals surface area (Å²) in [5, 5.41) is 3.45. The molecule has 0 aromatic heterocycles. The van der Waals surface area contributed by atoms with Crippen molar-refractivity contribution in [3.8, 4) is 0 Å². The second-order valence-corrected chi connectivity index (χ2v) is 11.0. The predicted octanol–water partition coefficient (Wildman–Crippen LogP) is 4.23. The number of hydrogen-bond acceptors (Lipinski definition) is 4. The molecule has 7 heteroatoms. The quantitative estimate of drug-likeness (QED) is 0.670. The fourth-order valence-electron chi connectivity index (χ4n) is 4.64. The number of aryl methyl sites for hydroxylation is 1. The average molecular weight is 470 g/mol. The summed E-state index contributed by atoms with van der Waals surface area (Å²) >= 11 is 0.